The van der Waals surface area contributed by atoms with E-state index in [0.717, 1.165) is 17.1 Å². The number of nitrogens with one attached hydrogen (secondary N) is 1. The maximum atomic E-state index is 12.3. The molecule has 3 heterocycles. The Bertz CT molecular complexity index is 983. The minimum absolute atomic E-state index is 0.170. The van der Waals surface area contributed by atoms with Gasteiger partial charge in [-0.15, -0.1) is 10.2 Å². The summed E-state index contributed by atoms with van der Waals surface area (Å²) in [5, 5.41) is 11.5. The summed E-state index contributed by atoms with van der Waals surface area (Å²) in [4.78, 5) is 16.2. The maximum absolute atomic E-state index is 12.3. The fourth-order valence-electron chi connectivity index (χ4n) is 3.32. The molecule has 0 saturated carbocycles. The molecule has 0 bridgehead atoms. The highest BCUT2D eigenvalue weighted by molar-refractivity contribution is 5.88. The Balaban J connectivity index is 1.40. The molecule has 1 aliphatic rings. The van der Waals surface area contributed by atoms with E-state index in [9.17, 15) is 4.79 Å². The van der Waals surface area contributed by atoms with Gasteiger partial charge in [-0.25, -0.2) is 4.79 Å². The smallest absolute Gasteiger partial charge is 0.324 e. The zero-order chi connectivity index (χ0) is 20.9. The Kier molecular flexibility index (Phi) is 5.69. The molecule has 1 fully saturated rings. The molecule has 1 aliphatic heterocycles. The molecule has 3 aromatic rings. The van der Waals surface area contributed by atoms with E-state index in [1.165, 1.54) is 6.26 Å². The molecule has 4 rings (SSSR count). The van der Waals surface area contributed by atoms with Gasteiger partial charge in [0.15, 0.2) is 5.82 Å². The highest BCUT2D eigenvalue weighted by Crippen LogP contribution is 2.32. The van der Waals surface area contributed by atoms with Gasteiger partial charge in [-0.1, -0.05) is 0 Å². The zero-order valence-corrected chi connectivity index (χ0v) is 16.9. The fraction of sp³-hybridized carbons (Fsp3) is 0.286. The van der Waals surface area contributed by atoms with Crippen molar-refractivity contribution in [2.24, 2.45) is 0 Å². The van der Waals surface area contributed by atoms with Crippen LogP contribution in [0, 0.1) is 0 Å². The molecule has 2 aromatic heterocycles. The van der Waals surface area contributed by atoms with Crippen LogP contribution in [0.5, 0.6) is 11.5 Å². The number of benzene rings is 1. The first kappa shape index (κ1) is 19.6. The first-order valence-electron chi connectivity index (χ1n) is 9.58. The lowest BCUT2D eigenvalue weighted by molar-refractivity contribution is 0.207. The summed E-state index contributed by atoms with van der Waals surface area (Å²) in [5.74, 6) is 2.64. The summed E-state index contributed by atoms with van der Waals surface area (Å²) in [6, 6.07) is 12.7. The molecular weight excluding hydrogens is 386 g/mol. The van der Waals surface area contributed by atoms with Crippen LogP contribution < -0.4 is 19.7 Å². The number of furan rings is 1. The Hall–Kier alpha value is -3.75. The van der Waals surface area contributed by atoms with E-state index < -0.39 is 0 Å². The second-order valence-electron chi connectivity index (χ2n) is 6.72. The van der Waals surface area contributed by atoms with Crippen molar-refractivity contribution in [1.82, 2.24) is 15.1 Å². The lowest BCUT2D eigenvalue weighted by Gasteiger charge is -2.34. The van der Waals surface area contributed by atoms with Crippen LogP contribution in [0.25, 0.3) is 11.3 Å². The van der Waals surface area contributed by atoms with Crippen molar-refractivity contribution in [2.45, 2.75) is 0 Å². The Morgan fingerprint density at radius 1 is 1.03 bits per heavy atom. The molecule has 9 heteroatoms. The highest BCUT2D eigenvalue weighted by Gasteiger charge is 2.23. The number of nitrogens with zero attached hydrogens (tertiary/aromatic N) is 4. The van der Waals surface area contributed by atoms with E-state index in [0.29, 0.717) is 43.5 Å². The number of carbonyl (C=O) groups is 1. The van der Waals surface area contributed by atoms with E-state index in [2.05, 4.69) is 20.4 Å². The number of methoxy groups -OCH3 is 2. The van der Waals surface area contributed by atoms with Crippen molar-refractivity contribution >= 4 is 17.7 Å². The zero-order valence-electron chi connectivity index (χ0n) is 16.9. The Labute approximate surface area is 174 Å². The second kappa shape index (κ2) is 8.73. The minimum Gasteiger partial charge on any atom is -0.497 e. The number of rotatable bonds is 5. The van der Waals surface area contributed by atoms with Gasteiger partial charge in [0, 0.05) is 37.8 Å². The van der Waals surface area contributed by atoms with Crippen molar-refractivity contribution in [3.63, 3.8) is 0 Å². The van der Waals surface area contributed by atoms with Crippen LogP contribution >= 0.6 is 0 Å². The number of carbonyl (C=O) groups excluding carboxylic acids is 1. The van der Waals surface area contributed by atoms with Crippen LogP contribution in [0.15, 0.2) is 53.1 Å². The monoisotopic (exact) mass is 409 g/mol. The lowest BCUT2D eigenvalue weighted by atomic mass is 10.1. The van der Waals surface area contributed by atoms with Crippen LogP contribution in [0.2, 0.25) is 0 Å². The summed E-state index contributed by atoms with van der Waals surface area (Å²) in [7, 11) is 3.24. The predicted octanol–water partition coefficient (Wildman–Crippen LogP) is 3.11. The first-order valence-corrected chi connectivity index (χ1v) is 9.58. The van der Waals surface area contributed by atoms with Crippen LogP contribution in [-0.2, 0) is 0 Å². The summed E-state index contributed by atoms with van der Waals surface area (Å²) < 4.78 is 15.9. The maximum Gasteiger partial charge on any atom is 0.324 e. The summed E-state index contributed by atoms with van der Waals surface area (Å²) >= 11 is 0. The fourth-order valence-corrected chi connectivity index (χ4v) is 3.32. The standard InChI is InChI=1S/C21H23N5O4/c1-28-15-5-7-18(29-2)16(14-15)17-6-8-19(24-23-17)25-9-11-26(12-10-25)21(27)22-20-4-3-13-30-20/h3-8,13-14H,9-12H2,1-2H3,(H,22,27). The molecule has 9 nitrogen and oxygen atoms in total. The van der Waals surface area contributed by atoms with E-state index in [1.807, 2.05) is 30.3 Å². The lowest BCUT2D eigenvalue weighted by Crippen LogP contribution is -2.50. The summed E-state index contributed by atoms with van der Waals surface area (Å²) in [5.41, 5.74) is 1.52. The average Bonchev–Trinajstić information content (AvgIpc) is 3.32. The van der Waals surface area contributed by atoms with Crippen LogP contribution in [-0.4, -0.2) is 61.5 Å². The van der Waals surface area contributed by atoms with Gasteiger partial charge >= 0.3 is 6.03 Å². The molecule has 0 unspecified atom stereocenters. The molecule has 0 atom stereocenters. The average molecular weight is 409 g/mol. The van der Waals surface area contributed by atoms with Crippen LogP contribution in [0.1, 0.15) is 0 Å². The van der Waals surface area contributed by atoms with Gasteiger partial charge in [-0.05, 0) is 36.4 Å². The number of amides is 2. The summed E-state index contributed by atoms with van der Waals surface area (Å²) in [6.07, 6.45) is 1.52. The van der Waals surface area contributed by atoms with E-state index in [1.54, 1.807) is 31.3 Å². The molecular formula is C21H23N5O4. The number of piperazine rings is 1. The van der Waals surface area contributed by atoms with Crippen molar-refractivity contribution < 1.29 is 18.7 Å². The molecule has 0 radical (unpaired) electrons. The predicted molar refractivity (Wildman–Crippen MR) is 112 cm³/mol. The normalized spacial score (nSPS) is 13.8. The molecule has 1 N–H and O–H groups in total. The van der Waals surface area contributed by atoms with Gasteiger partial charge in [-0.2, -0.15) is 0 Å². The third-order valence-corrected chi connectivity index (χ3v) is 4.98. The molecule has 0 aliphatic carbocycles. The highest BCUT2D eigenvalue weighted by atomic mass is 16.5. The van der Waals surface area contributed by atoms with E-state index >= 15 is 0 Å². The van der Waals surface area contributed by atoms with Crippen molar-refractivity contribution in [3.05, 3.63) is 48.7 Å². The summed E-state index contributed by atoms with van der Waals surface area (Å²) in [6.45, 7) is 2.50. The number of hydrogen-bond donors (Lipinski definition) is 1. The molecule has 1 saturated heterocycles. The van der Waals surface area contributed by atoms with Crippen LogP contribution in [0.3, 0.4) is 0 Å². The first-order chi connectivity index (χ1) is 14.7. The molecule has 30 heavy (non-hydrogen) atoms. The van der Waals surface area contributed by atoms with Crippen LogP contribution in [0.4, 0.5) is 16.5 Å². The van der Waals surface area contributed by atoms with Crippen molar-refractivity contribution in [2.75, 3.05) is 50.6 Å². The van der Waals surface area contributed by atoms with Gasteiger partial charge in [0.2, 0.25) is 5.88 Å². The van der Waals surface area contributed by atoms with Gasteiger partial charge in [0.05, 0.1) is 26.2 Å². The number of urea groups is 1. The Morgan fingerprint density at radius 2 is 1.87 bits per heavy atom. The number of hydrogen-bond acceptors (Lipinski definition) is 7. The topological polar surface area (TPSA) is 93.0 Å². The largest absolute Gasteiger partial charge is 0.497 e. The molecule has 2 amide bonds. The molecule has 0 spiro atoms. The van der Waals surface area contributed by atoms with Crippen molar-refractivity contribution in [3.8, 4) is 22.8 Å². The molecule has 156 valence electrons. The minimum atomic E-state index is -0.170. The Morgan fingerprint density at radius 3 is 2.50 bits per heavy atom. The number of aromatic nitrogens is 2. The SMILES string of the molecule is COc1ccc(OC)c(-c2ccc(N3CCN(C(=O)Nc4ccco4)CC3)nn2)c1. The van der Waals surface area contributed by atoms with Gasteiger partial charge in [-0.3, -0.25) is 5.32 Å². The van der Waals surface area contributed by atoms with Gasteiger partial charge < -0.3 is 23.7 Å². The molecule has 1 aromatic carbocycles. The van der Waals surface area contributed by atoms with E-state index in [-0.39, 0.29) is 6.03 Å². The van der Waals surface area contributed by atoms with Crippen molar-refractivity contribution in [1.29, 1.82) is 0 Å². The number of anilines is 2. The van der Waals surface area contributed by atoms with E-state index in [4.69, 9.17) is 13.9 Å². The van der Waals surface area contributed by atoms with Gasteiger partial charge in [0.1, 0.15) is 11.5 Å². The third kappa shape index (κ3) is 4.14. The second-order valence-corrected chi connectivity index (χ2v) is 6.72. The third-order valence-electron chi connectivity index (χ3n) is 4.98. The van der Waals surface area contributed by atoms with Gasteiger partial charge in [0.25, 0.3) is 0 Å². The quantitative estimate of drug-likeness (QED) is 0.692. The number of ether oxygens (including phenoxy) is 2.